The van der Waals surface area contributed by atoms with Crippen LogP contribution in [-0.4, -0.2) is 34.5 Å². The molecule has 1 aromatic carbocycles. The molecule has 4 rings (SSSR count). The van der Waals surface area contributed by atoms with Crippen LogP contribution in [0.5, 0.6) is 0 Å². The minimum atomic E-state index is -1.17. The topological polar surface area (TPSA) is 111 Å². The highest BCUT2D eigenvalue weighted by Crippen LogP contribution is 2.38. The van der Waals surface area contributed by atoms with E-state index in [1.54, 1.807) is 27.0 Å². The lowest BCUT2D eigenvalue weighted by Gasteiger charge is -2.21. The Balaban J connectivity index is 1.62. The van der Waals surface area contributed by atoms with E-state index in [9.17, 15) is 14.4 Å². The van der Waals surface area contributed by atoms with Crippen molar-refractivity contribution in [2.75, 3.05) is 0 Å². The molecule has 0 saturated carbocycles. The number of carbonyl (C=O) groups is 3. The Labute approximate surface area is 197 Å². The number of pyridine rings is 1. The third-order valence-corrected chi connectivity index (χ3v) is 5.38. The van der Waals surface area contributed by atoms with E-state index in [0.29, 0.717) is 35.1 Å². The van der Waals surface area contributed by atoms with Gasteiger partial charge in [0.05, 0.1) is 23.0 Å². The van der Waals surface area contributed by atoms with Crippen molar-refractivity contribution < 1.29 is 23.5 Å². The summed E-state index contributed by atoms with van der Waals surface area (Å²) in [6.45, 7) is 6.82. The second-order valence-electron chi connectivity index (χ2n) is 9.26. The van der Waals surface area contributed by atoms with Gasteiger partial charge in [-0.25, -0.2) is 14.6 Å². The number of benzene rings is 1. The third-order valence-electron chi connectivity index (χ3n) is 5.38. The van der Waals surface area contributed by atoms with Crippen molar-refractivity contribution in [2.24, 2.45) is 0 Å². The molecule has 176 valence electrons. The number of allylic oxidation sites excluding steroid dienone is 1. The molecule has 1 unspecified atom stereocenters. The van der Waals surface area contributed by atoms with Crippen LogP contribution in [0.1, 0.15) is 61.5 Å². The van der Waals surface area contributed by atoms with Crippen molar-refractivity contribution in [1.82, 2.24) is 15.6 Å². The van der Waals surface area contributed by atoms with E-state index in [4.69, 9.17) is 14.1 Å². The molecule has 34 heavy (non-hydrogen) atoms. The number of ether oxygens (including phenoxy) is 1. The minimum Gasteiger partial charge on any atom is -0.465 e. The minimum absolute atomic E-state index is 0.391. The lowest BCUT2D eigenvalue weighted by molar-refractivity contribution is -0.127. The molecule has 0 aliphatic heterocycles. The summed E-state index contributed by atoms with van der Waals surface area (Å²) in [5, 5.41) is 5.51. The number of furan rings is 1. The number of amides is 3. The molecular formula is C26H27N3O5. The lowest BCUT2D eigenvalue weighted by atomic mass is 10.0. The SMILES string of the molecule is CC(OC(=O)c1c2c(nc3ccccc13)/C(=C/c1ccco1)CC2)C(=O)NC(=O)NC(C)(C)C. The number of fused-ring (bicyclic) bond motifs is 2. The summed E-state index contributed by atoms with van der Waals surface area (Å²) in [6, 6.07) is 10.4. The highest BCUT2D eigenvalue weighted by atomic mass is 16.5. The second-order valence-corrected chi connectivity index (χ2v) is 9.26. The van der Waals surface area contributed by atoms with Gasteiger partial charge in [0, 0.05) is 10.9 Å². The number of imide groups is 1. The van der Waals surface area contributed by atoms with Crippen LogP contribution in [0.4, 0.5) is 4.79 Å². The molecule has 2 heterocycles. The van der Waals surface area contributed by atoms with E-state index in [1.807, 2.05) is 42.5 Å². The standard InChI is InChI=1S/C26H27N3O5/c1-15(23(30)28-25(32)29-26(2,3)4)34-24(31)21-18-9-5-6-10-20(18)27-22-16(11-12-19(21)22)14-17-8-7-13-33-17/h5-10,13-15H,11-12H2,1-4H3,(H2,28,29,30,32)/b16-14+. The quantitative estimate of drug-likeness (QED) is 0.554. The Morgan fingerprint density at radius 2 is 1.88 bits per heavy atom. The van der Waals surface area contributed by atoms with Gasteiger partial charge in [0.15, 0.2) is 6.10 Å². The summed E-state index contributed by atoms with van der Waals surface area (Å²) in [5.41, 5.74) is 3.00. The first kappa shape index (κ1) is 23.2. The number of rotatable bonds is 4. The van der Waals surface area contributed by atoms with Gasteiger partial charge in [0.2, 0.25) is 0 Å². The molecule has 3 aromatic rings. The summed E-state index contributed by atoms with van der Waals surface area (Å²) in [5.74, 6) is -0.628. The first-order valence-corrected chi connectivity index (χ1v) is 11.1. The number of hydrogen-bond acceptors (Lipinski definition) is 6. The summed E-state index contributed by atoms with van der Waals surface area (Å²) in [7, 11) is 0. The third kappa shape index (κ3) is 5.01. The van der Waals surface area contributed by atoms with Crippen molar-refractivity contribution in [1.29, 1.82) is 0 Å². The zero-order valence-corrected chi connectivity index (χ0v) is 19.6. The number of urea groups is 1. The maximum Gasteiger partial charge on any atom is 0.339 e. The fourth-order valence-electron chi connectivity index (χ4n) is 3.92. The Morgan fingerprint density at radius 3 is 2.59 bits per heavy atom. The molecule has 8 heteroatoms. The highest BCUT2D eigenvalue weighted by Gasteiger charge is 2.30. The van der Waals surface area contributed by atoms with Gasteiger partial charge in [-0.3, -0.25) is 10.1 Å². The number of hydrogen-bond donors (Lipinski definition) is 2. The van der Waals surface area contributed by atoms with Crippen molar-refractivity contribution in [3.05, 3.63) is 65.2 Å². The first-order chi connectivity index (χ1) is 16.1. The average molecular weight is 462 g/mol. The molecule has 8 nitrogen and oxygen atoms in total. The number of para-hydroxylation sites is 1. The zero-order valence-electron chi connectivity index (χ0n) is 19.6. The van der Waals surface area contributed by atoms with Crippen LogP contribution in [0.3, 0.4) is 0 Å². The van der Waals surface area contributed by atoms with Gasteiger partial charge in [0.25, 0.3) is 5.91 Å². The molecular weight excluding hydrogens is 434 g/mol. The van der Waals surface area contributed by atoms with E-state index >= 15 is 0 Å². The van der Waals surface area contributed by atoms with Gasteiger partial charge in [-0.05, 0) is 75.9 Å². The summed E-state index contributed by atoms with van der Waals surface area (Å²) < 4.78 is 11.0. The van der Waals surface area contributed by atoms with E-state index < -0.39 is 29.6 Å². The van der Waals surface area contributed by atoms with Gasteiger partial charge in [-0.2, -0.15) is 0 Å². The fourth-order valence-corrected chi connectivity index (χ4v) is 3.92. The smallest absolute Gasteiger partial charge is 0.339 e. The second kappa shape index (κ2) is 9.13. The molecule has 2 N–H and O–H groups in total. The Kier molecular flexibility index (Phi) is 6.24. The molecule has 2 aromatic heterocycles. The molecule has 0 spiro atoms. The van der Waals surface area contributed by atoms with Crippen LogP contribution in [-0.2, 0) is 16.0 Å². The Bertz CT molecular complexity index is 1290. The van der Waals surface area contributed by atoms with Crippen molar-refractivity contribution >= 4 is 40.5 Å². The highest BCUT2D eigenvalue weighted by molar-refractivity contribution is 6.08. The predicted molar refractivity (Wildman–Crippen MR) is 128 cm³/mol. The predicted octanol–water partition coefficient (Wildman–Crippen LogP) is 4.48. The molecule has 3 amide bonds. The van der Waals surface area contributed by atoms with Crippen molar-refractivity contribution in [3.63, 3.8) is 0 Å². The van der Waals surface area contributed by atoms with Crippen LogP contribution in [0, 0.1) is 0 Å². The Morgan fingerprint density at radius 1 is 1.12 bits per heavy atom. The number of nitrogens with zero attached hydrogens (tertiary/aromatic N) is 1. The van der Waals surface area contributed by atoms with E-state index in [-0.39, 0.29) is 0 Å². The normalized spacial score (nSPS) is 15.1. The van der Waals surface area contributed by atoms with E-state index in [2.05, 4.69) is 10.6 Å². The zero-order chi connectivity index (χ0) is 24.5. The first-order valence-electron chi connectivity index (χ1n) is 11.1. The number of carbonyl (C=O) groups excluding carboxylic acids is 3. The molecule has 1 atom stereocenters. The van der Waals surface area contributed by atoms with Gasteiger partial charge in [0.1, 0.15) is 5.76 Å². The molecule has 0 radical (unpaired) electrons. The maximum atomic E-state index is 13.3. The summed E-state index contributed by atoms with van der Waals surface area (Å²) >= 11 is 0. The summed E-state index contributed by atoms with van der Waals surface area (Å²) in [6.07, 6.45) is 3.67. The van der Waals surface area contributed by atoms with E-state index in [0.717, 1.165) is 16.8 Å². The van der Waals surface area contributed by atoms with Crippen molar-refractivity contribution in [2.45, 2.75) is 52.2 Å². The molecule has 0 bridgehead atoms. The van der Waals surface area contributed by atoms with Crippen molar-refractivity contribution in [3.8, 4) is 0 Å². The maximum absolute atomic E-state index is 13.3. The largest absolute Gasteiger partial charge is 0.465 e. The average Bonchev–Trinajstić information content (AvgIpc) is 3.41. The molecule has 0 fully saturated rings. The van der Waals surface area contributed by atoms with Gasteiger partial charge < -0.3 is 14.5 Å². The molecule has 0 saturated heterocycles. The summed E-state index contributed by atoms with van der Waals surface area (Å²) in [4.78, 5) is 42.6. The van der Waals surface area contributed by atoms with Crippen LogP contribution < -0.4 is 10.6 Å². The van der Waals surface area contributed by atoms with Gasteiger partial charge in [-0.15, -0.1) is 0 Å². The fraction of sp³-hybridized carbons (Fsp3) is 0.308. The lowest BCUT2D eigenvalue weighted by Crippen LogP contribution is -2.50. The van der Waals surface area contributed by atoms with Gasteiger partial charge in [-0.1, -0.05) is 18.2 Å². The van der Waals surface area contributed by atoms with Crippen LogP contribution in [0.2, 0.25) is 0 Å². The molecule has 1 aliphatic carbocycles. The van der Waals surface area contributed by atoms with Gasteiger partial charge >= 0.3 is 12.0 Å². The Hall–Kier alpha value is -3.94. The molecule has 1 aliphatic rings. The van der Waals surface area contributed by atoms with Crippen LogP contribution in [0.25, 0.3) is 22.6 Å². The number of esters is 1. The van der Waals surface area contributed by atoms with Crippen LogP contribution in [0.15, 0.2) is 47.1 Å². The van der Waals surface area contributed by atoms with E-state index in [1.165, 1.54) is 6.92 Å². The monoisotopic (exact) mass is 461 g/mol. The number of aromatic nitrogens is 1. The number of nitrogens with one attached hydrogen (secondary N) is 2. The van der Waals surface area contributed by atoms with Crippen LogP contribution >= 0.6 is 0 Å².